The molecule has 0 saturated heterocycles. The number of rotatable bonds is 11. The van der Waals surface area contributed by atoms with E-state index in [0.717, 1.165) is 23.3 Å². The van der Waals surface area contributed by atoms with Gasteiger partial charge in [-0.05, 0) is 61.4 Å². The lowest BCUT2D eigenvalue weighted by molar-refractivity contribution is -0.140. The maximum Gasteiger partial charge on any atom is 0.242 e. The molecule has 0 fully saturated rings. The third-order valence-corrected chi connectivity index (χ3v) is 5.95. The van der Waals surface area contributed by atoms with E-state index in [-0.39, 0.29) is 17.9 Å². The van der Waals surface area contributed by atoms with Gasteiger partial charge in [0.1, 0.15) is 11.8 Å². The van der Waals surface area contributed by atoms with E-state index in [1.807, 2.05) is 38.1 Å². The second kappa shape index (κ2) is 12.3. The van der Waals surface area contributed by atoms with Crippen LogP contribution in [-0.2, 0) is 22.6 Å². The number of hydrogen-bond donors (Lipinski definition) is 1. The number of amides is 2. The number of methoxy groups -OCH3 is 1. The summed E-state index contributed by atoms with van der Waals surface area (Å²) >= 11 is 0. The average Bonchev–Trinajstić information content (AvgIpc) is 2.80. The summed E-state index contributed by atoms with van der Waals surface area (Å²) in [6.45, 7) is 10.5. The first-order chi connectivity index (χ1) is 15.2. The highest BCUT2D eigenvalue weighted by atomic mass is 16.5. The molecule has 0 radical (unpaired) electrons. The van der Waals surface area contributed by atoms with E-state index in [9.17, 15) is 9.59 Å². The molecule has 5 heteroatoms. The van der Waals surface area contributed by atoms with Crippen molar-refractivity contribution in [1.29, 1.82) is 0 Å². The van der Waals surface area contributed by atoms with Crippen molar-refractivity contribution in [2.24, 2.45) is 0 Å². The molecule has 1 N–H and O–H groups in total. The van der Waals surface area contributed by atoms with Crippen LogP contribution in [0.5, 0.6) is 5.75 Å². The summed E-state index contributed by atoms with van der Waals surface area (Å²) in [5.41, 5.74) is 3.38. The lowest BCUT2D eigenvalue weighted by Gasteiger charge is -2.30. The standard InChI is InChI=1S/C27H38N2O3/c1-7-20(4)28-27(31)21(5)29(18-23-10-15-25(32-6)16-11-23)26(30)17-12-22-8-13-24(14-9-22)19(2)3/h8-11,13-16,19-21H,7,12,17-18H2,1-6H3,(H,28,31)/t20-,21-/m0/s1. The van der Waals surface area contributed by atoms with Crippen LogP contribution in [0.3, 0.4) is 0 Å². The summed E-state index contributed by atoms with van der Waals surface area (Å²) in [5.74, 6) is 1.10. The molecule has 2 rings (SSSR count). The molecule has 2 atom stereocenters. The van der Waals surface area contributed by atoms with Crippen molar-refractivity contribution < 1.29 is 14.3 Å². The van der Waals surface area contributed by atoms with Gasteiger partial charge in [-0.25, -0.2) is 0 Å². The van der Waals surface area contributed by atoms with Crippen LogP contribution in [0.1, 0.15) is 70.1 Å². The van der Waals surface area contributed by atoms with Gasteiger partial charge in [0.25, 0.3) is 0 Å². The number of ether oxygens (including phenoxy) is 1. The highest BCUT2D eigenvalue weighted by Gasteiger charge is 2.26. The van der Waals surface area contributed by atoms with Crippen LogP contribution in [-0.4, -0.2) is 35.9 Å². The molecule has 0 saturated carbocycles. The van der Waals surface area contributed by atoms with Gasteiger partial charge in [-0.1, -0.05) is 57.2 Å². The van der Waals surface area contributed by atoms with E-state index >= 15 is 0 Å². The lowest BCUT2D eigenvalue weighted by Crippen LogP contribution is -2.49. The van der Waals surface area contributed by atoms with Crippen LogP contribution in [0.15, 0.2) is 48.5 Å². The molecule has 174 valence electrons. The minimum absolute atomic E-state index is 0.0273. The maximum absolute atomic E-state index is 13.2. The van der Waals surface area contributed by atoms with Gasteiger partial charge < -0.3 is 15.0 Å². The minimum Gasteiger partial charge on any atom is -0.497 e. The molecule has 2 aromatic carbocycles. The number of carbonyl (C=O) groups excluding carboxylic acids is 2. The molecule has 0 unspecified atom stereocenters. The average molecular weight is 439 g/mol. The zero-order valence-corrected chi connectivity index (χ0v) is 20.4. The summed E-state index contributed by atoms with van der Waals surface area (Å²) < 4.78 is 5.23. The van der Waals surface area contributed by atoms with Crippen LogP contribution >= 0.6 is 0 Å². The number of nitrogens with zero attached hydrogens (tertiary/aromatic N) is 1. The van der Waals surface area contributed by atoms with Gasteiger partial charge >= 0.3 is 0 Å². The SMILES string of the molecule is CC[C@H](C)NC(=O)[C@H](C)N(Cc1ccc(OC)cc1)C(=O)CCc1ccc(C(C)C)cc1. The molecule has 2 aromatic rings. The van der Waals surface area contributed by atoms with Gasteiger partial charge in [-0.15, -0.1) is 0 Å². The lowest BCUT2D eigenvalue weighted by atomic mass is 10.00. The predicted octanol–water partition coefficient (Wildman–Crippen LogP) is 5.08. The Hall–Kier alpha value is -2.82. The largest absolute Gasteiger partial charge is 0.497 e. The normalized spacial score (nSPS) is 12.8. The summed E-state index contributed by atoms with van der Waals surface area (Å²) in [5, 5.41) is 3.01. The van der Waals surface area contributed by atoms with Crippen LogP contribution in [0, 0.1) is 0 Å². The first-order valence-electron chi connectivity index (χ1n) is 11.6. The van der Waals surface area contributed by atoms with Crippen molar-refractivity contribution in [3.8, 4) is 5.75 Å². The number of benzene rings is 2. The van der Waals surface area contributed by atoms with Crippen LogP contribution in [0.2, 0.25) is 0 Å². The van der Waals surface area contributed by atoms with Crippen molar-refractivity contribution in [1.82, 2.24) is 10.2 Å². The summed E-state index contributed by atoms with van der Waals surface area (Å²) in [7, 11) is 1.62. The molecule has 0 spiro atoms. The highest BCUT2D eigenvalue weighted by Crippen LogP contribution is 2.18. The van der Waals surface area contributed by atoms with Gasteiger partial charge in [-0.3, -0.25) is 9.59 Å². The molecule has 2 amide bonds. The summed E-state index contributed by atoms with van der Waals surface area (Å²) in [6.07, 6.45) is 1.85. The Morgan fingerprint density at radius 3 is 2.06 bits per heavy atom. The Labute approximate surface area is 193 Å². The monoisotopic (exact) mass is 438 g/mol. The Kier molecular flexibility index (Phi) is 9.76. The van der Waals surface area contributed by atoms with E-state index in [1.165, 1.54) is 5.56 Å². The minimum atomic E-state index is -0.554. The van der Waals surface area contributed by atoms with Crippen LogP contribution in [0.25, 0.3) is 0 Å². The van der Waals surface area contributed by atoms with Crippen LogP contribution in [0.4, 0.5) is 0 Å². The molecule has 5 nitrogen and oxygen atoms in total. The van der Waals surface area contributed by atoms with E-state index in [1.54, 1.807) is 18.9 Å². The van der Waals surface area contributed by atoms with Crippen molar-refractivity contribution in [2.75, 3.05) is 7.11 Å². The molecule has 0 aromatic heterocycles. The molecule has 0 aliphatic rings. The van der Waals surface area contributed by atoms with Crippen molar-refractivity contribution in [3.63, 3.8) is 0 Å². The van der Waals surface area contributed by atoms with Gasteiger partial charge in [0, 0.05) is 19.0 Å². The van der Waals surface area contributed by atoms with Crippen molar-refractivity contribution in [2.45, 2.75) is 78.4 Å². The fraction of sp³-hybridized carbons (Fsp3) is 0.481. The zero-order chi connectivity index (χ0) is 23.7. The third kappa shape index (κ3) is 7.40. The number of carbonyl (C=O) groups is 2. The third-order valence-electron chi connectivity index (χ3n) is 5.95. The zero-order valence-electron chi connectivity index (χ0n) is 20.4. The molecule has 0 heterocycles. The summed E-state index contributed by atoms with van der Waals surface area (Å²) in [6, 6.07) is 15.6. The predicted molar refractivity (Wildman–Crippen MR) is 130 cm³/mol. The molecular formula is C27H38N2O3. The second-order valence-electron chi connectivity index (χ2n) is 8.76. The molecule has 0 aliphatic heterocycles. The Balaban J connectivity index is 2.13. The molecule has 0 aliphatic carbocycles. The van der Waals surface area contributed by atoms with Gasteiger partial charge in [-0.2, -0.15) is 0 Å². The van der Waals surface area contributed by atoms with E-state index in [0.29, 0.717) is 25.3 Å². The maximum atomic E-state index is 13.2. The van der Waals surface area contributed by atoms with E-state index < -0.39 is 6.04 Å². The second-order valence-corrected chi connectivity index (χ2v) is 8.76. The topological polar surface area (TPSA) is 58.6 Å². The Bertz CT molecular complexity index is 859. The van der Waals surface area contributed by atoms with Gasteiger partial charge in [0.05, 0.1) is 7.11 Å². The fourth-order valence-corrected chi connectivity index (χ4v) is 3.44. The number of aryl methyl sites for hydroxylation is 1. The molecular weight excluding hydrogens is 400 g/mol. The van der Waals surface area contributed by atoms with Gasteiger partial charge in [0.15, 0.2) is 0 Å². The Morgan fingerprint density at radius 2 is 1.53 bits per heavy atom. The summed E-state index contributed by atoms with van der Waals surface area (Å²) in [4.78, 5) is 27.7. The number of nitrogens with one attached hydrogen (secondary N) is 1. The highest BCUT2D eigenvalue weighted by molar-refractivity contribution is 5.87. The van der Waals surface area contributed by atoms with E-state index in [4.69, 9.17) is 4.74 Å². The fourth-order valence-electron chi connectivity index (χ4n) is 3.44. The Morgan fingerprint density at radius 1 is 0.938 bits per heavy atom. The molecule has 0 bridgehead atoms. The van der Waals surface area contributed by atoms with Crippen molar-refractivity contribution >= 4 is 11.8 Å². The smallest absolute Gasteiger partial charge is 0.242 e. The quantitative estimate of drug-likeness (QED) is 0.532. The molecule has 32 heavy (non-hydrogen) atoms. The van der Waals surface area contributed by atoms with E-state index in [2.05, 4.69) is 43.4 Å². The first-order valence-corrected chi connectivity index (χ1v) is 11.6. The van der Waals surface area contributed by atoms with Crippen molar-refractivity contribution in [3.05, 3.63) is 65.2 Å². The van der Waals surface area contributed by atoms with Gasteiger partial charge in [0.2, 0.25) is 11.8 Å². The van der Waals surface area contributed by atoms with Crippen LogP contribution < -0.4 is 10.1 Å². The number of hydrogen-bond acceptors (Lipinski definition) is 3. The first kappa shape index (κ1) is 25.4.